The van der Waals surface area contributed by atoms with Gasteiger partial charge in [0.05, 0.1) is 0 Å². The van der Waals surface area contributed by atoms with Crippen LogP contribution in [0.25, 0.3) is 0 Å². The summed E-state index contributed by atoms with van der Waals surface area (Å²) in [4.78, 5) is 23.3. The molecule has 1 aliphatic rings. The van der Waals surface area contributed by atoms with Gasteiger partial charge in [-0.2, -0.15) is 4.98 Å². The van der Waals surface area contributed by atoms with E-state index in [1.807, 2.05) is 25.9 Å². The van der Waals surface area contributed by atoms with Gasteiger partial charge in [-0.05, 0) is 50.8 Å². The molecular formula is C21H26F3N5O2. The second-order valence-electron chi connectivity index (χ2n) is 7.84. The maximum atomic E-state index is 12.4. The first-order valence-corrected chi connectivity index (χ1v) is 10.0. The smallest absolute Gasteiger partial charge is 0.406 e. The van der Waals surface area contributed by atoms with E-state index < -0.39 is 18.0 Å². The van der Waals surface area contributed by atoms with Gasteiger partial charge >= 0.3 is 6.36 Å². The van der Waals surface area contributed by atoms with Crippen molar-refractivity contribution in [2.24, 2.45) is 0 Å². The number of nitrogens with zero attached hydrogens (tertiary/aromatic N) is 3. The lowest BCUT2D eigenvalue weighted by Gasteiger charge is -2.30. The van der Waals surface area contributed by atoms with Crippen molar-refractivity contribution in [2.75, 3.05) is 24.3 Å². The minimum atomic E-state index is -4.80. The number of hydrogen-bond donors (Lipinski definition) is 2. The number of benzene rings is 1. The summed E-state index contributed by atoms with van der Waals surface area (Å²) in [5, 5.41) is 6.25. The quantitative estimate of drug-likeness (QED) is 0.714. The average Bonchev–Trinajstić information content (AvgIpc) is 2.69. The monoisotopic (exact) mass is 437 g/mol. The molecule has 0 spiro atoms. The van der Waals surface area contributed by atoms with Crippen LogP contribution >= 0.6 is 0 Å². The first-order valence-electron chi connectivity index (χ1n) is 10.0. The van der Waals surface area contributed by atoms with Crippen LogP contribution in [0.2, 0.25) is 0 Å². The van der Waals surface area contributed by atoms with Gasteiger partial charge in [-0.25, -0.2) is 4.98 Å². The van der Waals surface area contributed by atoms with Crippen molar-refractivity contribution in [1.29, 1.82) is 0 Å². The third-order valence-corrected chi connectivity index (χ3v) is 5.09. The van der Waals surface area contributed by atoms with Crippen LogP contribution in [0.4, 0.5) is 24.9 Å². The molecule has 1 saturated carbocycles. The molecule has 2 aromatic rings. The number of hydrogen-bond acceptors (Lipinski definition) is 6. The molecule has 2 N–H and O–H groups in total. The van der Waals surface area contributed by atoms with Gasteiger partial charge in [0.25, 0.3) is 5.91 Å². The predicted octanol–water partition coefficient (Wildman–Crippen LogP) is 3.90. The highest BCUT2D eigenvalue weighted by Gasteiger charge is 2.31. The maximum absolute atomic E-state index is 12.4. The van der Waals surface area contributed by atoms with Gasteiger partial charge < -0.3 is 20.3 Å². The number of halogens is 3. The van der Waals surface area contributed by atoms with Gasteiger partial charge in [-0.1, -0.05) is 6.07 Å². The second kappa shape index (κ2) is 9.40. The lowest BCUT2D eigenvalue weighted by molar-refractivity contribution is -0.274. The van der Waals surface area contributed by atoms with E-state index >= 15 is 0 Å². The van der Waals surface area contributed by atoms with Gasteiger partial charge in [-0.15, -0.1) is 13.2 Å². The molecule has 7 nitrogen and oxygen atoms in total. The number of ether oxygens (including phenoxy) is 1. The van der Waals surface area contributed by atoms with Crippen molar-refractivity contribution in [1.82, 2.24) is 15.3 Å². The van der Waals surface area contributed by atoms with E-state index in [1.165, 1.54) is 12.1 Å². The van der Waals surface area contributed by atoms with Crippen molar-refractivity contribution in [2.45, 2.75) is 51.1 Å². The molecule has 0 atom stereocenters. The minimum Gasteiger partial charge on any atom is -0.406 e. The Hall–Kier alpha value is -3.04. The third kappa shape index (κ3) is 6.47. The van der Waals surface area contributed by atoms with Crippen molar-refractivity contribution in [3.05, 3.63) is 41.6 Å². The molecular weight excluding hydrogens is 411 g/mol. The molecule has 0 aliphatic heterocycles. The Balaban J connectivity index is 1.52. The van der Waals surface area contributed by atoms with Crippen LogP contribution in [0.15, 0.2) is 30.5 Å². The zero-order chi connectivity index (χ0) is 22.6. The van der Waals surface area contributed by atoms with E-state index in [-0.39, 0.29) is 17.6 Å². The largest absolute Gasteiger partial charge is 0.573 e. The standard InChI is InChI=1S/C21H26F3N5O2/c1-13-12-25-20(28-18(13)29(2)3)27-16-9-7-15(8-10-16)26-19(30)14-5-4-6-17(11-14)31-21(22,23)24/h4-6,11-12,15-16H,7-10H2,1-3H3,(H,26,30)(H,25,27,28). The van der Waals surface area contributed by atoms with Crippen LogP contribution in [0, 0.1) is 6.92 Å². The van der Waals surface area contributed by atoms with Crippen LogP contribution in [-0.4, -0.2) is 48.4 Å². The topological polar surface area (TPSA) is 79.4 Å². The number of amides is 1. The van der Waals surface area contributed by atoms with Crippen molar-refractivity contribution in [3.8, 4) is 5.75 Å². The number of nitrogens with one attached hydrogen (secondary N) is 2. The molecule has 1 aromatic carbocycles. The summed E-state index contributed by atoms with van der Waals surface area (Å²) in [6, 6.07) is 5.22. The molecule has 1 aromatic heterocycles. The summed E-state index contributed by atoms with van der Waals surface area (Å²) in [6.07, 6.45) is 0.110. The lowest BCUT2D eigenvalue weighted by atomic mass is 9.91. The van der Waals surface area contributed by atoms with Gasteiger partial charge in [0.15, 0.2) is 0 Å². The van der Waals surface area contributed by atoms with E-state index in [2.05, 4.69) is 25.3 Å². The van der Waals surface area contributed by atoms with Crippen LogP contribution < -0.4 is 20.3 Å². The van der Waals surface area contributed by atoms with E-state index in [4.69, 9.17) is 0 Å². The Morgan fingerprint density at radius 1 is 1.16 bits per heavy atom. The van der Waals surface area contributed by atoms with Gasteiger partial charge in [-0.3, -0.25) is 4.79 Å². The second-order valence-corrected chi connectivity index (χ2v) is 7.84. The fraction of sp³-hybridized carbons (Fsp3) is 0.476. The summed E-state index contributed by atoms with van der Waals surface area (Å²) >= 11 is 0. The van der Waals surface area contributed by atoms with Crippen molar-refractivity contribution < 1.29 is 22.7 Å². The number of anilines is 2. The molecule has 0 bridgehead atoms. The Labute approximate surface area is 179 Å². The molecule has 1 amide bonds. The highest BCUT2D eigenvalue weighted by Crippen LogP contribution is 2.25. The maximum Gasteiger partial charge on any atom is 0.573 e. The molecule has 1 aliphatic carbocycles. The summed E-state index contributed by atoms with van der Waals surface area (Å²) in [5.74, 6) is 0.600. The summed E-state index contributed by atoms with van der Waals surface area (Å²) in [6.45, 7) is 1.96. The molecule has 1 fully saturated rings. The Morgan fingerprint density at radius 3 is 2.48 bits per heavy atom. The number of aryl methyl sites for hydroxylation is 1. The highest BCUT2D eigenvalue weighted by molar-refractivity contribution is 5.94. The summed E-state index contributed by atoms with van der Waals surface area (Å²) in [5.41, 5.74) is 1.12. The van der Waals surface area contributed by atoms with Crippen LogP contribution in [0.3, 0.4) is 0 Å². The lowest BCUT2D eigenvalue weighted by Crippen LogP contribution is -2.40. The fourth-order valence-corrected chi connectivity index (χ4v) is 3.62. The number of alkyl halides is 3. The van der Waals surface area contributed by atoms with Crippen LogP contribution in [0.1, 0.15) is 41.6 Å². The van der Waals surface area contributed by atoms with Crippen molar-refractivity contribution >= 4 is 17.7 Å². The first kappa shape index (κ1) is 22.6. The molecule has 0 saturated heterocycles. The van der Waals surface area contributed by atoms with Crippen LogP contribution in [-0.2, 0) is 0 Å². The molecule has 31 heavy (non-hydrogen) atoms. The van der Waals surface area contributed by atoms with E-state index in [9.17, 15) is 18.0 Å². The number of carbonyl (C=O) groups excluding carboxylic acids is 1. The zero-order valence-corrected chi connectivity index (χ0v) is 17.7. The zero-order valence-electron chi connectivity index (χ0n) is 17.7. The fourth-order valence-electron chi connectivity index (χ4n) is 3.62. The number of aromatic nitrogens is 2. The molecule has 10 heteroatoms. The normalized spacial score (nSPS) is 18.9. The Morgan fingerprint density at radius 2 is 1.84 bits per heavy atom. The molecule has 3 rings (SSSR count). The van der Waals surface area contributed by atoms with Crippen molar-refractivity contribution in [3.63, 3.8) is 0 Å². The van der Waals surface area contributed by atoms with E-state index in [0.717, 1.165) is 49.2 Å². The molecule has 168 valence electrons. The van der Waals surface area contributed by atoms with E-state index in [1.54, 1.807) is 6.20 Å². The minimum absolute atomic E-state index is 0.0472. The van der Waals surface area contributed by atoms with Gasteiger partial charge in [0, 0.05) is 43.5 Å². The summed E-state index contributed by atoms with van der Waals surface area (Å²) in [7, 11) is 3.86. The highest BCUT2D eigenvalue weighted by atomic mass is 19.4. The first-order chi connectivity index (χ1) is 14.6. The van der Waals surface area contributed by atoms with Gasteiger partial charge in [0.1, 0.15) is 11.6 Å². The summed E-state index contributed by atoms with van der Waals surface area (Å²) < 4.78 is 41.0. The predicted molar refractivity (Wildman–Crippen MR) is 111 cm³/mol. The Kier molecular flexibility index (Phi) is 6.87. The molecule has 1 heterocycles. The van der Waals surface area contributed by atoms with E-state index in [0.29, 0.717) is 5.95 Å². The Bertz CT molecular complexity index is 912. The van der Waals surface area contributed by atoms with Crippen LogP contribution in [0.5, 0.6) is 5.75 Å². The third-order valence-electron chi connectivity index (χ3n) is 5.09. The molecule has 0 unspecified atom stereocenters. The number of rotatable bonds is 6. The number of carbonyl (C=O) groups is 1. The van der Waals surface area contributed by atoms with Gasteiger partial charge in [0.2, 0.25) is 5.95 Å². The SMILES string of the molecule is Cc1cnc(NC2CCC(NC(=O)c3cccc(OC(F)(F)F)c3)CC2)nc1N(C)C. The molecule has 0 radical (unpaired) electrons. The average molecular weight is 437 g/mol.